The van der Waals surface area contributed by atoms with Crippen molar-refractivity contribution in [3.63, 3.8) is 0 Å². The molecule has 1 aliphatic heterocycles. The van der Waals surface area contributed by atoms with Gasteiger partial charge in [-0.25, -0.2) is 8.42 Å². The molecule has 0 aliphatic carbocycles. The largest absolute Gasteiger partial charge is 0.508 e. The fourth-order valence-electron chi connectivity index (χ4n) is 3.05. The lowest BCUT2D eigenvalue weighted by Crippen LogP contribution is -2.50. The minimum Gasteiger partial charge on any atom is -0.508 e. The molecule has 3 rings (SSSR count). The molecule has 1 heterocycles. The Morgan fingerprint density at radius 1 is 0.964 bits per heavy atom. The lowest BCUT2D eigenvalue weighted by atomic mass is 10.2. The Hall–Kier alpha value is -2.78. The summed E-state index contributed by atoms with van der Waals surface area (Å²) in [5, 5.41) is 9.34. The van der Waals surface area contributed by atoms with Crippen LogP contribution in [0.1, 0.15) is 10.4 Å². The maximum atomic E-state index is 13.0. The molecule has 0 unspecified atom stereocenters. The molecule has 1 amide bonds. The van der Waals surface area contributed by atoms with Crippen LogP contribution in [0.4, 0.5) is 0 Å². The smallest absolute Gasteiger partial charge is 0.253 e. The molecule has 2 aromatic rings. The molecule has 0 spiro atoms. The summed E-state index contributed by atoms with van der Waals surface area (Å²) >= 11 is 0. The van der Waals surface area contributed by atoms with Gasteiger partial charge in [0.05, 0.1) is 14.2 Å². The van der Waals surface area contributed by atoms with Crippen molar-refractivity contribution in [2.75, 3.05) is 40.4 Å². The Morgan fingerprint density at radius 3 is 2.18 bits per heavy atom. The third-order valence-corrected chi connectivity index (χ3v) is 6.57. The van der Waals surface area contributed by atoms with E-state index >= 15 is 0 Å². The van der Waals surface area contributed by atoms with Gasteiger partial charge in [0.1, 0.15) is 22.1 Å². The zero-order valence-electron chi connectivity index (χ0n) is 15.7. The summed E-state index contributed by atoms with van der Waals surface area (Å²) < 4.78 is 37.7. The number of amides is 1. The first-order valence-corrected chi connectivity index (χ1v) is 10.1. The zero-order chi connectivity index (χ0) is 20.3. The van der Waals surface area contributed by atoms with E-state index < -0.39 is 10.0 Å². The highest BCUT2D eigenvalue weighted by molar-refractivity contribution is 7.89. The van der Waals surface area contributed by atoms with Gasteiger partial charge in [0.25, 0.3) is 5.91 Å². The van der Waals surface area contributed by atoms with E-state index in [0.717, 1.165) is 0 Å². The van der Waals surface area contributed by atoms with Crippen LogP contribution in [0.5, 0.6) is 17.2 Å². The van der Waals surface area contributed by atoms with Gasteiger partial charge in [-0.1, -0.05) is 0 Å². The number of sulfonamides is 1. The average Bonchev–Trinajstić information content (AvgIpc) is 2.73. The second-order valence-electron chi connectivity index (χ2n) is 6.26. The van der Waals surface area contributed by atoms with Gasteiger partial charge in [0.15, 0.2) is 0 Å². The molecule has 2 aromatic carbocycles. The molecular weight excluding hydrogens is 384 g/mol. The van der Waals surface area contributed by atoms with E-state index in [1.165, 1.54) is 42.8 Å². The molecule has 28 heavy (non-hydrogen) atoms. The molecule has 9 heteroatoms. The summed E-state index contributed by atoms with van der Waals surface area (Å²) in [7, 11) is -0.869. The predicted molar refractivity (Wildman–Crippen MR) is 102 cm³/mol. The van der Waals surface area contributed by atoms with Gasteiger partial charge in [0, 0.05) is 37.8 Å². The van der Waals surface area contributed by atoms with Crippen LogP contribution in [0.3, 0.4) is 0 Å². The number of carbonyl (C=O) groups excluding carboxylic acids is 1. The maximum absolute atomic E-state index is 13.0. The Balaban J connectivity index is 1.73. The van der Waals surface area contributed by atoms with Crippen LogP contribution < -0.4 is 9.47 Å². The first-order chi connectivity index (χ1) is 13.4. The predicted octanol–water partition coefficient (Wildman–Crippen LogP) is 1.56. The van der Waals surface area contributed by atoms with Crippen LogP contribution in [-0.2, 0) is 10.0 Å². The lowest BCUT2D eigenvalue weighted by Gasteiger charge is -2.34. The van der Waals surface area contributed by atoms with E-state index in [1.54, 1.807) is 23.1 Å². The molecule has 1 saturated heterocycles. The second-order valence-corrected chi connectivity index (χ2v) is 8.17. The van der Waals surface area contributed by atoms with Crippen molar-refractivity contribution in [2.24, 2.45) is 0 Å². The molecule has 0 radical (unpaired) electrons. The number of hydrogen-bond acceptors (Lipinski definition) is 6. The fraction of sp³-hybridized carbons (Fsp3) is 0.316. The molecule has 0 bridgehead atoms. The topological polar surface area (TPSA) is 96.4 Å². The van der Waals surface area contributed by atoms with Crippen LogP contribution in [0.2, 0.25) is 0 Å². The highest BCUT2D eigenvalue weighted by atomic mass is 32.2. The number of piperazine rings is 1. The number of carbonyl (C=O) groups is 1. The van der Waals surface area contributed by atoms with E-state index in [9.17, 15) is 18.3 Å². The van der Waals surface area contributed by atoms with E-state index in [4.69, 9.17) is 9.47 Å². The van der Waals surface area contributed by atoms with Crippen molar-refractivity contribution in [2.45, 2.75) is 4.90 Å². The summed E-state index contributed by atoms with van der Waals surface area (Å²) in [5.74, 6) is 0.599. The summed E-state index contributed by atoms with van der Waals surface area (Å²) in [5.41, 5.74) is 0.450. The molecule has 8 nitrogen and oxygen atoms in total. The molecule has 1 fully saturated rings. The average molecular weight is 406 g/mol. The molecule has 1 aliphatic rings. The van der Waals surface area contributed by atoms with Crippen LogP contribution in [0.15, 0.2) is 47.4 Å². The van der Waals surface area contributed by atoms with Gasteiger partial charge in [-0.05, 0) is 36.4 Å². The van der Waals surface area contributed by atoms with Crippen LogP contribution in [0.25, 0.3) is 0 Å². The number of phenols is 1. The highest BCUT2D eigenvalue weighted by Crippen LogP contribution is 2.31. The van der Waals surface area contributed by atoms with Crippen LogP contribution in [0, 0.1) is 0 Å². The standard InChI is InChI=1S/C19H22N2O6S/c1-26-16-7-8-18(17(13-16)27-2)28(24,25)21-11-9-20(10-12-21)19(23)14-3-5-15(22)6-4-14/h3-8,13,22H,9-12H2,1-2H3. The number of aromatic hydroxyl groups is 1. The van der Waals surface area contributed by atoms with Crippen LogP contribution in [-0.4, -0.2) is 69.0 Å². The number of nitrogens with zero attached hydrogens (tertiary/aromatic N) is 2. The first-order valence-electron chi connectivity index (χ1n) is 8.67. The van der Waals surface area contributed by atoms with E-state index in [1.807, 2.05) is 0 Å². The summed E-state index contributed by atoms with van der Waals surface area (Å²) in [6, 6.07) is 10.5. The summed E-state index contributed by atoms with van der Waals surface area (Å²) in [6.07, 6.45) is 0. The SMILES string of the molecule is COc1ccc(S(=O)(=O)N2CCN(C(=O)c3ccc(O)cc3)CC2)c(OC)c1. The highest BCUT2D eigenvalue weighted by Gasteiger charge is 2.32. The second kappa shape index (κ2) is 8.07. The lowest BCUT2D eigenvalue weighted by molar-refractivity contribution is 0.0697. The Bertz CT molecular complexity index is 951. The number of phenolic OH excluding ortho intramolecular Hbond substituents is 1. The fourth-order valence-corrected chi connectivity index (χ4v) is 4.60. The summed E-state index contributed by atoms with van der Waals surface area (Å²) in [4.78, 5) is 14.2. The Labute approximate surface area is 164 Å². The van der Waals surface area contributed by atoms with Crippen molar-refractivity contribution < 1.29 is 27.8 Å². The zero-order valence-corrected chi connectivity index (χ0v) is 16.5. The van der Waals surface area contributed by atoms with E-state index in [2.05, 4.69) is 0 Å². The number of methoxy groups -OCH3 is 2. The number of ether oxygens (including phenoxy) is 2. The minimum atomic E-state index is -3.77. The van der Waals surface area contributed by atoms with Crippen molar-refractivity contribution >= 4 is 15.9 Å². The van der Waals surface area contributed by atoms with Crippen LogP contribution >= 0.6 is 0 Å². The van der Waals surface area contributed by atoms with Crippen molar-refractivity contribution in [3.05, 3.63) is 48.0 Å². The monoisotopic (exact) mass is 406 g/mol. The Kier molecular flexibility index (Phi) is 5.76. The number of benzene rings is 2. The molecular formula is C19H22N2O6S. The normalized spacial score (nSPS) is 15.3. The first kappa shape index (κ1) is 20.0. The number of hydrogen-bond donors (Lipinski definition) is 1. The maximum Gasteiger partial charge on any atom is 0.253 e. The molecule has 0 aromatic heterocycles. The van der Waals surface area contributed by atoms with E-state index in [-0.39, 0.29) is 48.5 Å². The molecule has 0 saturated carbocycles. The van der Waals surface area contributed by atoms with Gasteiger partial charge in [0.2, 0.25) is 10.0 Å². The van der Waals surface area contributed by atoms with Crippen molar-refractivity contribution in [3.8, 4) is 17.2 Å². The number of rotatable bonds is 5. The van der Waals surface area contributed by atoms with Gasteiger partial charge >= 0.3 is 0 Å². The Morgan fingerprint density at radius 2 is 1.61 bits per heavy atom. The minimum absolute atomic E-state index is 0.0640. The third-order valence-electron chi connectivity index (χ3n) is 4.63. The molecule has 1 N–H and O–H groups in total. The molecule has 150 valence electrons. The van der Waals surface area contributed by atoms with Crippen molar-refractivity contribution in [1.82, 2.24) is 9.21 Å². The summed E-state index contributed by atoms with van der Waals surface area (Å²) in [6.45, 7) is 0.914. The van der Waals surface area contributed by atoms with Gasteiger partial charge < -0.3 is 19.5 Å². The van der Waals surface area contributed by atoms with Crippen molar-refractivity contribution in [1.29, 1.82) is 0 Å². The van der Waals surface area contributed by atoms with Gasteiger partial charge in [-0.15, -0.1) is 0 Å². The third kappa shape index (κ3) is 3.90. The quantitative estimate of drug-likeness (QED) is 0.810. The molecule has 0 atom stereocenters. The van der Waals surface area contributed by atoms with Gasteiger partial charge in [-0.3, -0.25) is 4.79 Å². The van der Waals surface area contributed by atoms with Gasteiger partial charge in [-0.2, -0.15) is 4.31 Å². The van der Waals surface area contributed by atoms with E-state index in [0.29, 0.717) is 11.3 Å².